The Morgan fingerprint density at radius 3 is 2.67 bits per heavy atom. The maximum Gasteiger partial charge on any atom is 0.269 e. The third-order valence-electron chi connectivity index (χ3n) is 4.07. The van der Waals surface area contributed by atoms with Gasteiger partial charge in [-0.1, -0.05) is 43.3 Å². The lowest BCUT2D eigenvalue weighted by molar-refractivity contribution is 0.0947. The molecule has 3 aromatic rings. The molecule has 122 valence electrons. The van der Waals surface area contributed by atoms with Crippen LogP contribution in [0.25, 0.3) is 10.9 Å². The highest BCUT2D eigenvalue weighted by Gasteiger charge is 2.11. The minimum atomic E-state index is -0.157. The second-order valence-electron chi connectivity index (χ2n) is 5.78. The van der Waals surface area contributed by atoms with Gasteiger partial charge < -0.3 is 10.1 Å². The second-order valence-corrected chi connectivity index (χ2v) is 5.78. The van der Waals surface area contributed by atoms with Crippen molar-refractivity contribution in [2.75, 3.05) is 13.7 Å². The summed E-state index contributed by atoms with van der Waals surface area (Å²) in [6, 6.07) is 19.4. The van der Waals surface area contributed by atoms with Gasteiger partial charge in [-0.3, -0.25) is 4.79 Å². The van der Waals surface area contributed by atoms with Crippen molar-refractivity contribution in [2.45, 2.75) is 12.8 Å². The lowest BCUT2D eigenvalue weighted by Crippen LogP contribution is -2.28. The molecule has 1 atom stereocenters. The molecule has 0 aliphatic heterocycles. The van der Waals surface area contributed by atoms with Crippen LogP contribution in [-0.2, 0) is 0 Å². The quantitative estimate of drug-likeness (QED) is 0.778. The van der Waals surface area contributed by atoms with Gasteiger partial charge in [0.25, 0.3) is 5.91 Å². The molecular formula is C20H20N2O2. The van der Waals surface area contributed by atoms with Crippen molar-refractivity contribution >= 4 is 16.8 Å². The highest BCUT2D eigenvalue weighted by Crippen LogP contribution is 2.19. The highest BCUT2D eigenvalue weighted by molar-refractivity contribution is 5.95. The van der Waals surface area contributed by atoms with Crippen LogP contribution in [0.15, 0.2) is 60.7 Å². The van der Waals surface area contributed by atoms with Crippen LogP contribution in [0, 0.1) is 0 Å². The summed E-state index contributed by atoms with van der Waals surface area (Å²) in [6.07, 6.45) is 0. The Hall–Kier alpha value is -2.88. The van der Waals surface area contributed by atoms with E-state index in [1.807, 2.05) is 42.5 Å². The van der Waals surface area contributed by atoms with Crippen LogP contribution in [-0.4, -0.2) is 24.5 Å². The van der Waals surface area contributed by atoms with Crippen molar-refractivity contribution in [2.24, 2.45) is 0 Å². The van der Waals surface area contributed by atoms with E-state index in [0.29, 0.717) is 12.2 Å². The number of amides is 1. The van der Waals surface area contributed by atoms with E-state index in [1.165, 1.54) is 5.56 Å². The fourth-order valence-electron chi connectivity index (χ4n) is 2.59. The molecule has 0 radical (unpaired) electrons. The van der Waals surface area contributed by atoms with Crippen LogP contribution >= 0.6 is 0 Å². The van der Waals surface area contributed by atoms with E-state index in [2.05, 4.69) is 29.4 Å². The first-order valence-electron chi connectivity index (χ1n) is 7.95. The maximum atomic E-state index is 12.3. The number of hydrogen-bond donors (Lipinski definition) is 1. The molecule has 1 aromatic heterocycles. The lowest BCUT2D eigenvalue weighted by atomic mass is 10.0. The molecule has 0 saturated heterocycles. The van der Waals surface area contributed by atoms with Gasteiger partial charge in [-0.15, -0.1) is 0 Å². The average molecular weight is 320 g/mol. The first-order chi connectivity index (χ1) is 11.7. The van der Waals surface area contributed by atoms with Crippen LogP contribution in [0.2, 0.25) is 0 Å². The number of aromatic nitrogens is 1. The SMILES string of the molecule is COc1ccc2nc(C(=O)NC[C@H](C)c3ccccc3)ccc2c1. The van der Waals surface area contributed by atoms with Crippen LogP contribution in [0.4, 0.5) is 0 Å². The second kappa shape index (κ2) is 7.13. The molecule has 1 N–H and O–H groups in total. The molecule has 4 heteroatoms. The third kappa shape index (κ3) is 3.54. The van der Waals surface area contributed by atoms with Crippen LogP contribution < -0.4 is 10.1 Å². The summed E-state index contributed by atoms with van der Waals surface area (Å²) in [5.41, 5.74) is 2.41. The first-order valence-corrected chi connectivity index (χ1v) is 7.95. The molecule has 3 rings (SSSR count). The predicted molar refractivity (Wildman–Crippen MR) is 95.5 cm³/mol. The fraction of sp³-hybridized carbons (Fsp3) is 0.200. The van der Waals surface area contributed by atoms with Crippen molar-refractivity contribution in [3.8, 4) is 5.75 Å². The topological polar surface area (TPSA) is 51.2 Å². The highest BCUT2D eigenvalue weighted by atomic mass is 16.5. The largest absolute Gasteiger partial charge is 0.497 e. The van der Waals surface area contributed by atoms with E-state index in [1.54, 1.807) is 13.2 Å². The third-order valence-corrected chi connectivity index (χ3v) is 4.07. The monoisotopic (exact) mass is 320 g/mol. The smallest absolute Gasteiger partial charge is 0.269 e. The molecule has 1 heterocycles. The maximum absolute atomic E-state index is 12.3. The van der Waals surface area contributed by atoms with E-state index >= 15 is 0 Å². The molecule has 2 aromatic carbocycles. The number of carbonyl (C=O) groups is 1. The standard InChI is InChI=1S/C20H20N2O2/c1-14(15-6-4-3-5-7-15)13-21-20(23)19-10-8-16-12-17(24-2)9-11-18(16)22-19/h3-12,14H,13H2,1-2H3,(H,21,23)/t14-/m0/s1. The molecule has 24 heavy (non-hydrogen) atoms. The molecule has 0 fully saturated rings. The van der Waals surface area contributed by atoms with Gasteiger partial charge in [0.2, 0.25) is 0 Å². The van der Waals surface area contributed by atoms with Gasteiger partial charge in [0.05, 0.1) is 12.6 Å². The molecule has 0 saturated carbocycles. The van der Waals surface area contributed by atoms with E-state index in [9.17, 15) is 4.79 Å². The van der Waals surface area contributed by atoms with Gasteiger partial charge in [-0.05, 0) is 35.7 Å². The normalized spacial score (nSPS) is 11.9. The van der Waals surface area contributed by atoms with Crippen molar-refractivity contribution < 1.29 is 9.53 Å². The van der Waals surface area contributed by atoms with Crippen molar-refractivity contribution in [1.29, 1.82) is 0 Å². The summed E-state index contributed by atoms with van der Waals surface area (Å²) in [5.74, 6) is 0.869. The number of benzene rings is 2. The number of methoxy groups -OCH3 is 1. The van der Waals surface area contributed by atoms with Crippen molar-refractivity contribution in [1.82, 2.24) is 10.3 Å². The number of nitrogens with zero attached hydrogens (tertiary/aromatic N) is 1. The number of pyridine rings is 1. The Morgan fingerprint density at radius 1 is 1.12 bits per heavy atom. The summed E-state index contributed by atoms with van der Waals surface area (Å²) in [4.78, 5) is 16.8. The Kier molecular flexibility index (Phi) is 4.75. The van der Waals surface area contributed by atoms with Gasteiger partial charge in [0.15, 0.2) is 0 Å². The van der Waals surface area contributed by atoms with Gasteiger partial charge in [0, 0.05) is 11.9 Å². The van der Waals surface area contributed by atoms with Gasteiger partial charge in [-0.2, -0.15) is 0 Å². The minimum Gasteiger partial charge on any atom is -0.497 e. The first kappa shape index (κ1) is 16.0. The summed E-state index contributed by atoms with van der Waals surface area (Å²) in [5, 5.41) is 3.91. The van der Waals surface area contributed by atoms with Crippen LogP contribution in [0.1, 0.15) is 28.9 Å². The van der Waals surface area contributed by atoms with E-state index < -0.39 is 0 Å². The summed E-state index contributed by atoms with van der Waals surface area (Å²) in [6.45, 7) is 2.67. The lowest BCUT2D eigenvalue weighted by Gasteiger charge is -2.13. The number of fused-ring (bicyclic) bond motifs is 1. The minimum absolute atomic E-state index is 0.157. The molecule has 1 amide bonds. The Morgan fingerprint density at radius 2 is 1.92 bits per heavy atom. The fourth-order valence-corrected chi connectivity index (χ4v) is 2.59. The van der Waals surface area contributed by atoms with Gasteiger partial charge in [-0.25, -0.2) is 4.98 Å². The number of ether oxygens (including phenoxy) is 1. The van der Waals surface area contributed by atoms with Gasteiger partial charge >= 0.3 is 0 Å². The average Bonchev–Trinajstić information content (AvgIpc) is 2.65. The van der Waals surface area contributed by atoms with E-state index in [-0.39, 0.29) is 11.8 Å². The van der Waals surface area contributed by atoms with E-state index in [0.717, 1.165) is 16.7 Å². The zero-order chi connectivity index (χ0) is 16.9. The van der Waals surface area contributed by atoms with E-state index in [4.69, 9.17) is 4.74 Å². The van der Waals surface area contributed by atoms with Gasteiger partial charge in [0.1, 0.15) is 11.4 Å². The van der Waals surface area contributed by atoms with Crippen molar-refractivity contribution in [3.05, 3.63) is 71.9 Å². The van der Waals surface area contributed by atoms with Crippen LogP contribution in [0.5, 0.6) is 5.75 Å². The summed E-state index contributed by atoms with van der Waals surface area (Å²) < 4.78 is 5.20. The summed E-state index contributed by atoms with van der Waals surface area (Å²) in [7, 11) is 1.63. The molecule has 0 bridgehead atoms. The molecule has 4 nitrogen and oxygen atoms in total. The molecule has 0 aliphatic rings. The Balaban J connectivity index is 1.69. The summed E-state index contributed by atoms with van der Waals surface area (Å²) >= 11 is 0. The number of nitrogens with one attached hydrogen (secondary N) is 1. The number of hydrogen-bond acceptors (Lipinski definition) is 3. The Bertz CT molecular complexity index is 847. The molecule has 0 unspecified atom stereocenters. The molecule has 0 spiro atoms. The molecule has 0 aliphatic carbocycles. The zero-order valence-electron chi connectivity index (χ0n) is 13.8. The van der Waals surface area contributed by atoms with Crippen LogP contribution in [0.3, 0.4) is 0 Å². The zero-order valence-corrected chi connectivity index (χ0v) is 13.8. The number of rotatable bonds is 5. The van der Waals surface area contributed by atoms with Crippen molar-refractivity contribution in [3.63, 3.8) is 0 Å². The number of carbonyl (C=O) groups excluding carboxylic acids is 1. The molecular weight excluding hydrogens is 300 g/mol. The predicted octanol–water partition coefficient (Wildman–Crippen LogP) is 3.78. The Labute approximate surface area is 141 Å².